The minimum atomic E-state index is -0.994. The van der Waals surface area contributed by atoms with Gasteiger partial charge in [0.05, 0.1) is 25.6 Å². The van der Waals surface area contributed by atoms with E-state index in [-0.39, 0.29) is 5.97 Å². The summed E-state index contributed by atoms with van der Waals surface area (Å²) >= 11 is 0. The molecule has 0 radical (unpaired) electrons. The summed E-state index contributed by atoms with van der Waals surface area (Å²) in [4.78, 5) is 11.6. The van der Waals surface area contributed by atoms with Crippen LogP contribution in [0.15, 0.2) is 12.4 Å². The first-order valence-electron chi connectivity index (χ1n) is 6.61. The Morgan fingerprint density at radius 3 is 2.89 bits per heavy atom. The molecule has 0 aromatic carbocycles. The van der Waals surface area contributed by atoms with Crippen LogP contribution in [0.25, 0.3) is 0 Å². The molecule has 6 nitrogen and oxygen atoms in total. The van der Waals surface area contributed by atoms with Crippen molar-refractivity contribution in [2.75, 3.05) is 13.2 Å². The number of nitrogens with two attached hydrogens (primary N) is 1. The Bertz CT molecular complexity index is 402. The summed E-state index contributed by atoms with van der Waals surface area (Å²) in [7, 11) is 0. The molecule has 0 bridgehead atoms. The Hall–Kier alpha value is -1.56. The van der Waals surface area contributed by atoms with Gasteiger partial charge in [0.15, 0.2) is 5.75 Å². The largest absolute Gasteiger partial charge is 0.490 e. The average molecular weight is 269 g/mol. The first kappa shape index (κ1) is 15.5. The fraction of sp³-hybridized carbons (Fsp3) is 0.692. The molecule has 2 N–H and O–H groups in total. The number of esters is 1. The van der Waals surface area contributed by atoms with E-state index in [9.17, 15) is 4.79 Å². The lowest BCUT2D eigenvalue weighted by molar-refractivity contribution is -0.149. The summed E-state index contributed by atoms with van der Waals surface area (Å²) < 4.78 is 12.1. The molecule has 0 fully saturated rings. The predicted molar refractivity (Wildman–Crippen MR) is 71.9 cm³/mol. The Morgan fingerprint density at radius 1 is 1.53 bits per heavy atom. The van der Waals surface area contributed by atoms with Crippen LogP contribution in [0.5, 0.6) is 5.75 Å². The van der Waals surface area contributed by atoms with E-state index in [1.54, 1.807) is 30.9 Å². The van der Waals surface area contributed by atoms with Crippen molar-refractivity contribution >= 4 is 5.97 Å². The molecule has 0 aliphatic heterocycles. The van der Waals surface area contributed by atoms with Crippen molar-refractivity contribution in [1.29, 1.82) is 0 Å². The van der Waals surface area contributed by atoms with Crippen molar-refractivity contribution in [2.24, 2.45) is 5.73 Å². The van der Waals surface area contributed by atoms with Gasteiger partial charge in [-0.25, -0.2) is 0 Å². The summed E-state index contributed by atoms with van der Waals surface area (Å²) in [5.41, 5.74) is 4.94. The van der Waals surface area contributed by atoms with Crippen LogP contribution in [-0.4, -0.2) is 34.5 Å². The number of carbonyl (C=O) groups is 1. The zero-order chi connectivity index (χ0) is 14.3. The molecule has 0 saturated heterocycles. The maximum absolute atomic E-state index is 11.6. The van der Waals surface area contributed by atoms with Crippen molar-refractivity contribution in [3.63, 3.8) is 0 Å². The summed E-state index contributed by atoms with van der Waals surface area (Å²) in [5.74, 6) is 0.348. The van der Waals surface area contributed by atoms with Gasteiger partial charge in [0, 0.05) is 6.54 Å². The molecule has 0 aliphatic carbocycles. The van der Waals surface area contributed by atoms with Crippen LogP contribution in [0.3, 0.4) is 0 Å². The number of aryl methyl sites for hydroxylation is 1. The summed E-state index contributed by atoms with van der Waals surface area (Å²) in [5, 5.41) is 4.16. The number of hydrogen-bond donors (Lipinski definition) is 1. The molecule has 19 heavy (non-hydrogen) atoms. The van der Waals surface area contributed by atoms with Gasteiger partial charge >= 0.3 is 5.97 Å². The zero-order valence-electron chi connectivity index (χ0n) is 11.9. The third kappa shape index (κ3) is 4.90. The second kappa shape index (κ2) is 7.13. The van der Waals surface area contributed by atoms with Gasteiger partial charge < -0.3 is 15.2 Å². The number of ether oxygens (including phenoxy) is 2. The van der Waals surface area contributed by atoms with Crippen molar-refractivity contribution in [3.8, 4) is 5.75 Å². The van der Waals surface area contributed by atoms with Crippen LogP contribution in [0.2, 0.25) is 0 Å². The van der Waals surface area contributed by atoms with Gasteiger partial charge in [-0.15, -0.1) is 0 Å². The maximum Gasteiger partial charge on any atom is 0.325 e. The Balaban J connectivity index is 2.47. The van der Waals surface area contributed by atoms with E-state index in [0.29, 0.717) is 26.2 Å². The first-order valence-corrected chi connectivity index (χ1v) is 6.61. The van der Waals surface area contributed by atoms with E-state index in [4.69, 9.17) is 15.2 Å². The fourth-order valence-corrected chi connectivity index (χ4v) is 1.51. The third-order valence-corrected chi connectivity index (χ3v) is 2.68. The lowest BCUT2D eigenvalue weighted by atomic mass is 10.00. The molecule has 0 spiro atoms. The lowest BCUT2D eigenvalue weighted by Gasteiger charge is -2.21. The molecule has 1 atom stereocenters. The Kier molecular flexibility index (Phi) is 5.82. The summed E-state index contributed by atoms with van der Waals surface area (Å²) in [6, 6.07) is 0. The Morgan fingerprint density at radius 2 is 2.26 bits per heavy atom. The molecule has 1 heterocycles. The predicted octanol–water partition coefficient (Wildman–Crippen LogP) is 1.34. The van der Waals surface area contributed by atoms with Crippen molar-refractivity contribution in [3.05, 3.63) is 12.4 Å². The molecule has 1 rings (SSSR count). The maximum atomic E-state index is 11.6. The zero-order valence-corrected chi connectivity index (χ0v) is 11.9. The van der Waals surface area contributed by atoms with Gasteiger partial charge in [-0.1, -0.05) is 6.92 Å². The first-order chi connectivity index (χ1) is 8.99. The van der Waals surface area contributed by atoms with Crippen LogP contribution in [0, 0.1) is 0 Å². The molecule has 6 heteroatoms. The molecule has 1 aromatic heterocycles. The molecule has 108 valence electrons. The second-order valence-electron chi connectivity index (χ2n) is 4.68. The molecule has 1 aromatic rings. The highest BCUT2D eigenvalue weighted by atomic mass is 16.5. The average Bonchev–Trinajstić information content (AvgIpc) is 2.82. The molecule has 0 amide bonds. The van der Waals surface area contributed by atoms with Crippen LogP contribution < -0.4 is 10.5 Å². The van der Waals surface area contributed by atoms with E-state index in [0.717, 1.165) is 12.2 Å². The normalized spacial score (nSPS) is 13.9. The highest BCUT2D eigenvalue weighted by Gasteiger charge is 2.29. The standard InChI is InChI=1S/C13H23N3O3/c1-4-8-19-11-9-15-16(10-11)7-6-13(3,14)12(17)18-5-2/h9-10H,4-8,14H2,1-3H3. The monoisotopic (exact) mass is 269 g/mol. The SMILES string of the molecule is CCCOc1cnn(CCC(C)(N)C(=O)OCC)c1. The minimum Gasteiger partial charge on any atom is -0.490 e. The molecule has 1 unspecified atom stereocenters. The van der Waals surface area contributed by atoms with E-state index in [1.807, 2.05) is 6.92 Å². The van der Waals surface area contributed by atoms with Crippen molar-refractivity contribution < 1.29 is 14.3 Å². The third-order valence-electron chi connectivity index (χ3n) is 2.68. The number of aromatic nitrogens is 2. The fourth-order valence-electron chi connectivity index (χ4n) is 1.51. The minimum absolute atomic E-state index is 0.336. The number of nitrogens with zero attached hydrogens (tertiary/aromatic N) is 2. The molecule has 0 saturated carbocycles. The van der Waals surface area contributed by atoms with E-state index < -0.39 is 5.54 Å². The molecular weight excluding hydrogens is 246 g/mol. The van der Waals surface area contributed by atoms with Crippen LogP contribution in [0.4, 0.5) is 0 Å². The summed E-state index contributed by atoms with van der Waals surface area (Å²) in [6.45, 7) is 7.03. The van der Waals surface area contributed by atoms with Gasteiger partial charge in [0.25, 0.3) is 0 Å². The second-order valence-corrected chi connectivity index (χ2v) is 4.68. The van der Waals surface area contributed by atoms with Gasteiger partial charge in [-0.2, -0.15) is 5.10 Å². The van der Waals surface area contributed by atoms with E-state index in [2.05, 4.69) is 5.10 Å². The van der Waals surface area contributed by atoms with Gasteiger partial charge in [-0.05, 0) is 26.7 Å². The quantitative estimate of drug-likeness (QED) is 0.720. The topological polar surface area (TPSA) is 79.4 Å². The van der Waals surface area contributed by atoms with Gasteiger partial charge in [-0.3, -0.25) is 9.48 Å². The van der Waals surface area contributed by atoms with Crippen LogP contribution in [0.1, 0.15) is 33.6 Å². The number of carbonyl (C=O) groups excluding carboxylic acids is 1. The van der Waals surface area contributed by atoms with Crippen molar-refractivity contribution in [2.45, 2.75) is 45.7 Å². The highest BCUT2D eigenvalue weighted by Crippen LogP contribution is 2.13. The van der Waals surface area contributed by atoms with Crippen LogP contribution >= 0.6 is 0 Å². The highest BCUT2D eigenvalue weighted by molar-refractivity contribution is 5.79. The van der Waals surface area contributed by atoms with Crippen molar-refractivity contribution in [1.82, 2.24) is 9.78 Å². The molecular formula is C13H23N3O3. The number of hydrogen-bond acceptors (Lipinski definition) is 5. The summed E-state index contributed by atoms with van der Waals surface area (Å²) in [6.07, 6.45) is 4.88. The smallest absolute Gasteiger partial charge is 0.325 e. The van der Waals surface area contributed by atoms with E-state index >= 15 is 0 Å². The Labute approximate surface area is 113 Å². The van der Waals surface area contributed by atoms with Crippen LogP contribution in [-0.2, 0) is 16.1 Å². The lowest BCUT2D eigenvalue weighted by Crippen LogP contribution is -2.46. The van der Waals surface area contributed by atoms with Gasteiger partial charge in [0.2, 0.25) is 0 Å². The molecule has 0 aliphatic rings. The van der Waals surface area contributed by atoms with E-state index in [1.165, 1.54) is 0 Å². The van der Waals surface area contributed by atoms with Gasteiger partial charge in [0.1, 0.15) is 5.54 Å². The number of rotatable bonds is 8.